The van der Waals surface area contributed by atoms with Crippen LogP contribution in [-0.2, 0) is 4.79 Å². The van der Waals surface area contributed by atoms with Crippen LogP contribution in [0, 0.1) is 0 Å². The average molecular weight is 144 g/mol. The fraction of sp³-hybridized carbons (Fsp3) is 0.600. The van der Waals surface area contributed by atoms with Crippen molar-refractivity contribution in [1.29, 1.82) is 0 Å². The molecule has 1 heterocycles. The lowest BCUT2D eigenvalue weighted by Crippen LogP contribution is -2.31. The SMILES string of the molecule is CC1N=CSC1C(N)=O. The second-order valence-corrected chi connectivity index (χ2v) is 2.94. The first kappa shape index (κ1) is 6.61. The molecule has 2 N–H and O–H groups in total. The van der Waals surface area contributed by atoms with E-state index in [4.69, 9.17) is 5.73 Å². The van der Waals surface area contributed by atoms with E-state index in [2.05, 4.69) is 4.99 Å². The van der Waals surface area contributed by atoms with Gasteiger partial charge >= 0.3 is 0 Å². The molecule has 2 unspecified atom stereocenters. The van der Waals surface area contributed by atoms with Gasteiger partial charge in [-0.15, -0.1) is 0 Å². The van der Waals surface area contributed by atoms with Crippen LogP contribution < -0.4 is 5.73 Å². The molecule has 1 aliphatic heterocycles. The Labute approximate surface area is 57.7 Å². The van der Waals surface area contributed by atoms with Crippen LogP contribution >= 0.6 is 11.8 Å². The third kappa shape index (κ3) is 1.24. The first-order valence-corrected chi connectivity index (χ1v) is 3.62. The number of hydrogen-bond donors (Lipinski definition) is 1. The van der Waals surface area contributed by atoms with Crippen LogP contribution in [0.25, 0.3) is 0 Å². The van der Waals surface area contributed by atoms with Crippen molar-refractivity contribution in [2.45, 2.75) is 18.2 Å². The Balaban J connectivity index is 2.55. The molecule has 0 aromatic heterocycles. The Morgan fingerprint density at radius 2 is 2.56 bits per heavy atom. The van der Waals surface area contributed by atoms with Gasteiger partial charge in [-0.25, -0.2) is 0 Å². The standard InChI is InChI=1S/C5H8N2OS/c1-3-4(5(6)8)9-2-7-3/h2-4H,1H3,(H2,6,8). The van der Waals surface area contributed by atoms with Crippen molar-refractivity contribution in [2.24, 2.45) is 10.7 Å². The molecule has 50 valence electrons. The smallest absolute Gasteiger partial charge is 0.233 e. The molecule has 0 saturated heterocycles. The van der Waals surface area contributed by atoms with Gasteiger partial charge in [0.25, 0.3) is 0 Å². The number of amides is 1. The zero-order valence-corrected chi connectivity index (χ0v) is 5.89. The Morgan fingerprint density at radius 1 is 1.89 bits per heavy atom. The van der Waals surface area contributed by atoms with Gasteiger partial charge in [0.15, 0.2) is 0 Å². The van der Waals surface area contributed by atoms with Gasteiger partial charge in [0, 0.05) is 0 Å². The van der Waals surface area contributed by atoms with Crippen LogP contribution in [0.15, 0.2) is 4.99 Å². The van der Waals surface area contributed by atoms with Crippen molar-refractivity contribution in [3.05, 3.63) is 0 Å². The lowest BCUT2D eigenvalue weighted by Gasteiger charge is -2.06. The molecular weight excluding hydrogens is 136 g/mol. The number of carbonyl (C=O) groups is 1. The van der Waals surface area contributed by atoms with Crippen LogP contribution in [0.2, 0.25) is 0 Å². The molecule has 3 nitrogen and oxygen atoms in total. The van der Waals surface area contributed by atoms with Crippen molar-refractivity contribution in [3.8, 4) is 0 Å². The van der Waals surface area contributed by atoms with Crippen LogP contribution in [-0.4, -0.2) is 22.7 Å². The number of aliphatic imine (C=N–C) groups is 1. The van der Waals surface area contributed by atoms with Crippen LogP contribution in [0.1, 0.15) is 6.92 Å². The summed E-state index contributed by atoms with van der Waals surface area (Å²) in [6.07, 6.45) is 0. The highest BCUT2D eigenvalue weighted by Gasteiger charge is 2.25. The average Bonchev–Trinajstić information content (AvgIpc) is 2.13. The second kappa shape index (κ2) is 2.39. The van der Waals surface area contributed by atoms with E-state index in [-0.39, 0.29) is 17.2 Å². The fourth-order valence-corrected chi connectivity index (χ4v) is 1.52. The summed E-state index contributed by atoms with van der Waals surface area (Å²) in [7, 11) is 0. The topological polar surface area (TPSA) is 55.4 Å². The zero-order valence-electron chi connectivity index (χ0n) is 5.07. The van der Waals surface area contributed by atoms with E-state index in [0.717, 1.165) is 0 Å². The molecule has 0 saturated carbocycles. The summed E-state index contributed by atoms with van der Waals surface area (Å²) in [5.74, 6) is -0.273. The van der Waals surface area contributed by atoms with Crippen molar-refractivity contribution in [3.63, 3.8) is 0 Å². The number of carbonyl (C=O) groups excluding carboxylic acids is 1. The number of nitrogens with zero attached hydrogens (tertiary/aromatic N) is 1. The minimum Gasteiger partial charge on any atom is -0.369 e. The maximum Gasteiger partial charge on any atom is 0.233 e. The minimum atomic E-state index is -0.273. The Bertz CT molecular complexity index is 157. The maximum atomic E-state index is 10.5. The fourth-order valence-electron chi connectivity index (χ4n) is 0.693. The molecule has 0 radical (unpaired) electrons. The lowest BCUT2D eigenvalue weighted by atomic mass is 10.2. The predicted molar refractivity (Wildman–Crippen MR) is 38.5 cm³/mol. The highest BCUT2D eigenvalue weighted by atomic mass is 32.2. The van der Waals surface area contributed by atoms with Gasteiger partial charge in [-0.3, -0.25) is 9.79 Å². The summed E-state index contributed by atoms with van der Waals surface area (Å²) in [6.45, 7) is 1.88. The third-order valence-electron chi connectivity index (χ3n) is 1.22. The molecule has 1 amide bonds. The molecule has 1 rings (SSSR count). The van der Waals surface area contributed by atoms with E-state index in [1.54, 1.807) is 5.55 Å². The van der Waals surface area contributed by atoms with Crippen molar-refractivity contribution < 1.29 is 4.79 Å². The van der Waals surface area contributed by atoms with Gasteiger partial charge in [0.05, 0.1) is 11.6 Å². The largest absolute Gasteiger partial charge is 0.369 e. The van der Waals surface area contributed by atoms with E-state index < -0.39 is 0 Å². The molecule has 0 aliphatic carbocycles. The predicted octanol–water partition coefficient (Wildman–Crippen LogP) is 0.00390. The van der Waals surface area contributed by atoms with Gasteiger partial charge in [-0.05, 0) is 6.92 Å². The monoisotopic (exact) mass is 144 g/mol. The van der Waals surface area contributed by atoms with Crippen molar-refractivity contribution >= 4 is 23.2 Å². The number of rotatable bonds is 1. The van der Waals surface area contributed by atoms with Gasteiger partial charge in [-0.2, -0.15) is 0 Å². The molecule has 9 heavy (non-hydrogen) atoms. The number of hydrogen-bond acceptors (Lipinski definition) is 3. The van der Waals surface area contributed by atoms with Crippen LogP contribution in [0.4, 0.5) is 0 Å². The number of primary amides is 1. The lowest BCUT2D eigenvalue weighted by molar-refractivity contribution is -0.117. The van der Waals surface area contributed by atoms with Crippen LogP contribution in [0.3, 0.4) is 0 Å². The molecule has 1 aliphatic rings. The van der Waals surface area contributed by atoms with Gasteiger partial charge in [-0.1, -0.05) is 11.8 Å². The highest BCUT2D eigenvalue weighted by Crippen LogP contribution is 2.20. The number of nitrogens with two attached hydrogens (primary N) is 1. The molecule has 4 heteroatoms. The van der Waals surface area contributed by atoms with Crippen molar-refractivity contribution in [1.82, 2.24) is 0 Å². The normalized spacial score (nSPS) is 33.0. The maximum absolute atomic E-state index is 10.5. The Kier molecular flexibility index (Phi) is 1.75. The van der Waals surface area contributed by atoms with Gasteiger partial charge in [0.1, 0.15) is 5.25 Å². The molecule has 0 bridgehead atoms. The van der Waals surface area contributed by atoms with Gasteiger partial charge < -0.3 is 5.73 Å². The molecular formula is C5H8N2OS. The summed E-state index contributed by atoms with van der Waals surface area (Å²) in [4.78, 5) is 14.5. The first-order valence-electron chi connectivity index (χ1n) is 2.68. The second-order valence-electron chi connectivity index (χ2n) is 1.95. The summed E-state index contributed by atoms with van der Waals surface area (Å²) in [6, 6.07) is 0.0625. The van der Waals surface area contributed by atoms with Gasteiger partial charge in [0.2, 0.25) is 5.91 Å². The van der Waals surface area contributed by atoms with Crippen molar-refractivity contribution in [2.75, 3.05) is 0 Å². The molecule has 0 spiro atoms. The molecule has 0 aromatic carbocycles. The summed E-state index contributed by atoms with van der Waals surface area (Å²) < 4.78 is 0. The minimum absolute atomic E-state index is 0.0625. The molecule has 0 fully saturated rings. The third-order valence-corrected chi connectivity index (χ3v) is 2.38. The molecule has 0 aromatic rings. The molecule has 2 atom stereocenters. The quantitative estimate of drug-likeness (QED) is 0.563. The van der Waals surface area contributed by atoms with Crippen LogP contribution in [0.5, 0.6) is 0 Å². The van der Waals surface area contributed by atoms with E-state index in [1.807, 2.05) is 6.92 Å². The number of thioether (sulfide) groups is 1. The summed E-state index contributed by atoms with van der Waals surface area (Å²) >= 11 is 1.39. The zero-order chi connectivity index (χ0) is 6.85. The summed E-state index contributed by atoms with van der Waals surface area (Å²) in [5, 5.41) is -0.134. The summed E-state index contributed by atoms with van der Waals surface area (Å²) in [5.41, 5.74) is 6.73. The van der Waals surface area contributed by atoms with E-state index in [9.17, 15) is 4.79 Å². The Hall–Kier alpha value is -0.510. The van der Waals surface area contributed by atoms with E-state index in [0.29, 0.717) is 0 Å². The van der Waals surface area contributed by atoms with E-state index >= 15 is 0 Å². The highest BCUT2D eigenvalue weighted by molar-refractivity contribution is 8.13. The van der Waals surface area contributed by atoms with E-state index in [1.165, 1.54) is 11.8 Å². The Morgan fingerprint density at radius 3 is 2.78 bits per heavy atom. The first-order chi connectivity index (χ1) is 4.22.